The summed E-state index contributed by atoms with van der Waals surface area (Å²) in [6.07, 6.45) is 74.9. The second-order valence-corrected chi connectivity index (χ2v) is 26.8. The van der Waals surface area contributed by atoms with Crippen molar-refractivity contribution in [3.63, 3.8) is 0 Å². The predicted molar refractivity (Wildman–Crippen MR) is 355 cm³/mol. The molecule has 0 aromatic heterocycles. The molecular weight excluding hydrogens is 1030 g/mol. The van der Waals surface area contributed by atoms with Crippen molar-refractivity contribution in [2.45, 2.75) is 455 Å². The first-order chi connectivity index (χ1) is 40.8. The molecule has 0 radical (unpaired) electrons. The number of ether oxygens (including phenoxy) is 2. The summed E-state index contributed by atoms with van der Waals surface area (Å²) >= 11 is 0. The molecule has 7 unspecified atom stereocenters. The zero-order chi connectivity index (χ0) is 60.0. The molecular formula is C74H147NO8. The van der Waals surface area contributed by atoms with Gasteiger partial charge in [0.15, 0.2) is 6.29 Å². The van der Waals surface area contributed by atoms with Crippen LogP contribution in [0.5, 0.6) is 0 Å². The third kappa shape index (κ3) is 52.8. The number of aliphatic hydroxyl groups excluding tert-OH is 5. The Morgan fingerprint density at radius 3 is 0.855 bits per heavy atom. The van der Waals surface area contributed by atoms with Crippen molar-refractivity contribution < 1.29 is 39.8 Å². The lowest BCUT2D eigenvalue weighted by Crippen LogP contribution is -2.60. The Hall–Kier alpha value is -0.810. The van der Waals surface area contributed by atoms with E-state index < -0.39 is 49.5 Å². The molecule has 1 aliphatic rings. The van der Waals surface area contributed by atoms with Crippen LogP contribution in [0.2, 0.25) is 0 Å². The van der Waals surface area contributed by atoms with E-state index >= 15 is 0 Å². The molecule has 0 aromatic rings. The Balaban J connectivity index is 2.05. The van der Waals surface area contributed by atoms with Crippen LogP contribution >= 0.6 is 0 Å². The van der Waals surface area contributed by atoms with Gasteiger partial charge in [0.2, 0.25) is 5.91 Å². The number of rotatable bonds is 68. The predicted octanol–water partition coefficient (Wildman–Crippen LogP) is 20.9. The monoisotopic (exact) mass is 1180 g/mol. The van der Waals surface area contributed by atoms with Gasteiger partial charge in [-0.05, 0) is 12.8 Å². The molecule has 1 heterocycles. The van der Waals surface area contributed by atoms with Crippen LogP contribution < -0.4 is 5.32 Å². The summed E-state index contributed by atoms with van der Waals surface area (Å²) in [4.78, 5) is 13.2. The first-order valence-corrected chi connectivity index (χ1v) is 37.7. The van der Waals surface area contributed by atoms with Gasteiger partial charge in [0.1, 0.15) is 24.4 Å². The highest BCUT2D eigenvalue weighted by Crippen LogP contribution is 2.24. The lowest BCUT2D eigenvalue weighted by molar-refractivity contribution is -0.302. The van der Waals surface area contributed by atoms with Gasteiger partial charge in [-0.25, -0.2) is 0 Å². The first-order valence-electron chi connectivity index (χ1n) is 37.7. The largest absolute Gasteiger partial charge is 0.394 e. The molecule has 1 rings (SSSR count). The Morgan fingerprint density at radius 2 is 0.602 bits per heavy atom. The van der Waals surface area contributed by atoms with Crippen molar-refractivity contribution in [2.75, 3.05) is 13.2 Å². The van der Waals surface area contributed by atoms with Gasteiger partial charge >= 0.3 is 0 Å². The van der Waals surface area contributed by atoms with Gasteiger partial charge in [-0.2, -0.15) is 0 Å². The van der Waals surface area contributed by atoms with E-state index in [9.17, 15) is 30.3 Å². The third-order valence-corrected chi connectivity index (χ3v) is 18.7. The quantitative estimate of drug-likeness (QED) is 0.0330. The van der Waals surface area contributed by atoms with E-state index in [2.05, 4.69) is 19.2 Å². The molecule has 1 aliphatic heterocycles. The molecule has 496 valence electrons. The Morgan fingerprint density at radius 1 is 0.361 bits per heavy atom. The average molecular weight is 1180 g/mol. The first kappa shape index (κ1) is 80.2. The summed E-state index contributed by atoms with van der Waals surface area (Å²) < 4.78 is 11.4. The van der Waals surface area contributed by atoms with Gasteiger partial charge in [-0.3, -0.25) is 4.79 Å². The van der Waals surface area contributed by atoms with Crippen molar-refractivity contribution in [3.05, 3.63) is 0 Å². The van der Waals surface area contributed by atoms with Crippen molar-refractivity contribution in [1.29, 1.82) is 0 Å². The zero-order valence-corrected chi connectivity index (χ0v) is 55.8. The second-order valence-electron chi connectivity index (χ2n) is 26.8. The molecule has 0 aromatic carbocycles. The minimum absolute atomic E-state index is 0.130. The van der Waals surface area contributed by atoms with E-state index in [0.717, 1.165) is 38.5 Å². The maximum atomic E-state index is 13.2. The van der Waals surface area contributed by atoms with E-state index in [-0.39, 0.29) is 12.5 Å². The normalized spacial score (nSPS) is 18.1. The molecule has 83 heavy (non-hydrogen) atoms. The molecule has 0 spiro atoms. The highest BCUT2D eigenvalue weighted by molar-refractivity contribution is 5.76. The highest BCUT2D eigenvalue weighted by atomic mass is 16.7. The smallest absolute Gasteiger partial charge is 0.220 e. The van der Waals surface area contributed by atoms with Gasteiger partial charge in [0, 0.05) is 6.42 Å². The van der Waals surface area contributed by atoms with E-state index in [0.29, 0.717) is 12.8 Å². The van der Waals surface area contributed by atoms with Gasteiger partial charge in [-0.1, -0.05) is 393 Å². The van der Waals surface area contributed by atoms with Crippen LogP contribution in [0.3, 0.4) is 0 Å². The fourth-order valence-corrected chi connectivity index (χ4v) is 12.8. The molecule has 9 nitrogen and oxygen atoms in total. The Kier molecular flexibility index (Phi) is 62.0. The van der Waals surface area contributed by atoms with Crippen LogP contribution in [0, 0.1) is 0 Å². The van der Waals surface area contributed by atoms with Crippen LogP contribution in [-0.4, -0.2) is 87.5 Å². The molecule has 7 atom stereocenters. The average Bonchev–Trinajstić information content (AvgIpc) is 3.49. The zero-order valence-electron chi connectivity index (χ0n) is 55.8. The van der Waals surface area contributed by atoms with Crippen LogP contribution in [0.25, 0.3) is 0 Å². The summed E-state index contributed by atoms with van der Waals surface area (Å²) in [5, 5.41) is 55.0. The van der Waals surface area contributed by atoms with E-state index in [1.165, 1.54) is 347 Å². The molecule has 1 fully saturated rings. The highest BCUT2D eigenvalue weighted by Gasteiger charge is 2.44. The molecule has 0 aliphatic carbocycles. The van der Waals surface area contributed by atoms with Crippen LogP contribution in [0.15, 0.2) is 0 Å². The number of carbonyl (C=O) groups excluding carboxylic acids is 1. The van der Waals surface area contributed by atoms with Crippen molar-refractivity contribution >= 4 is 5.91 Å². The minimum atomic E-state index is -1.55. The Bertz CT molecular complexity index is 1270. The third-order valence-electron chi connectivity index (χ3n) is 18.7. The summed E-state index contributed by atoms with van der Waals surface area (Å²) in [5.41, 5.74) is 0. The number of nitrogens with one attached hydrogen (secondary N) is 1. The number of carbonyl (C=O) groups is 1. The lowest BCUT2D eigenvalue weighted by atomic mass is 9.99. The molecule has 1 saturated heterocycles. The fraction of sp³-hybridized carbons (Fsp3) is 0.986. The molecule has 1 amide bonds. The van der Waals surface area contributed by atoms with Gasteiger partial charge in [0.05, 0.1) is 25.4 Å². The number of amides is 1. The summed E-state index contributed by atoms with van der Waals surface area (Å²) in [7, 11) is 0. The minimum Gasteiger partial charge on any atom is -0.394 e. The topological polar surface area (TPSA) is 149 Å². The second kappa shape index (κ2) is 64.2. The van der Waals surface area contributed by atoms with Crippen molar-refractivity contribution in [3.8, 4) is 0 Å². The number of hydrogen-bond donors (Lipinski definition) is 6. The maximum absolute atomic E-state index is 13.2. The summed E-state index contributed by atoms with van der Waals surface area (Å²) in [5.74, 6) is -0.132. The molecule has 9 heteroatoms. The number of unbranched alkanes of at least 4 members (excludes halogenated alkanes) is 58. The number of hydrogen-bond acceptors (Lipinski definition) is 8. The molecule has 6 N–H and O–H groups in total. The van der Waals surface area contributed by atoms with E-state index in [1.54, 1.807) is 0 Å². The van der Waals surface area contributed by atoms with Crippen molar-refractivity contribution in [1.82, 2.24) is 5.32 Å². The molecule has 0 saturated carbocycles. The van der Waals surface area contributed by atoms with E-state index in [4.69, 9.17) is 9.47 Å². The lowest BCUT2D eigenvalue weighted by Gasteiger charge is -2.40. The van der Waals surface area contributed by atoms with Crippen molar-refractivity contribution in [2.24, 2.45) is 0 Å². The standard InChI is InChI=1S/C74H147NO8/c1-3-5-7-9-11-13-15-17-19-21-23-25-27-29-31-32-33-34-35-36-37-38-40-42-44-46-48-50-52-54-56-58-60-62-64-70(78)75-67(66-82-74-73(81)72(80)71(79)69(65-76)83-74)68(77)63-61-59-57-55-53-51-49-47-45-43-41-39-30-28-26-24-22-20-18-16-14-12-10-8-6-4-2/h67-69,71-74,76-77,79-81H,3-66H2,1-2H3,(H,75,78). The van der Waals surface area contributed by atoms with Gasteiger partial charge < -0.3 is 40.3 Å². The SMILES string of the molecule is CCCCCCCCCCCCCCCCCCCCCCCCCCCCCCCCCCCCC(=O)NC(COC1OC(CO)C(O)C(O)C1O)C(O)CCCCCCCCCCCCCCCCCCCCCCCCCCCC. The fourth-order valence-electron chi connectivity index (χ4n) is 12.8. The molecule has 0 bridgehead atoms. The number of aliphatic hydroxyl groups is 5. The van der Waals surface area contributed by atoms with Crippen LogP contribution in [0.1, 0.15) is 412 Å². The van der Waals surface area contributed by atoms with Crippen LogP contribution in [0.4, 0.5) is 0 Å². The summed E-state index contributed by atoms with van der Waals surface area (Å²) in [6, 6.07) is -0.716. The van der Waals surface area contributed by atoms with Crippen LogP contribution in [-0.2, 0) is 14.3 Å². The van der Waals surface area contributed by atoms with E-state index in [1.807, 2.05) is 0 Å². The summed E-state index contributed by atoms with van der Waals surface area (Å²) in [6.45, 7) is 3.92. The van der Waals surface area contributed by atoms with Gasteiger partial charge in [-0.15, -0.1) is 0 Å². The Labute approximate surface area is 516 Å². The maximum Gasteiger partial charge on any atom is 0.220 e. The van der Waals surface area contributed by atoms with Gasteiger partial charge in [0.25, 0.3) is 0 Å².